The fraction of sp³-hybridized carbons (Fsp3) is 0.391. The molecule has 28 heavy (non-hydrogen) atoms. The van der Waals surface area contributed by atoms with E-state index in [1.807, 2.05) is 89.3 Å². The topological polar surface area (TPSA) is 52.6 Å². The van der Waals surface area contributed by atoms with Crippen molar-refractivity contribution in [3.05, 3.63) is 71.8 Å². The summed E-state index contributed by atoms with van der Waals surface area (Å²) in [6.07, 6.45) is 0. The van der Waals surface area contributed by atoms with Crippen molar-refractivity contribution in [3.63, 3.8) is 0 Å². The van der Waals surface area contributed by atoms with Gasteiger partial charge in [0.1, 0.15) is 7.85 Å². The molecule has 0 aliphatic rings. The molecule has 4 atom stereocenters. The first-order valence-electron chi connectivity index (χ1n) is 9.83. The summed E-state index contributed by atoms with van der Waals surface area (Å²) in [5, 5.41) is 0. The lowest BCUT2D eigenvalue weighted by Crippen LogP contribution is -2.24. The van der Waals surface area contributed by atoms with Gasteiger partial charge in [-0.05, 0) is 24.0 Å². The molecule has 5 heteroatoms. The second-order valence-electron chi connectivity index (χ2n) is 7.49. The van der Waals surface area contributed by atoms with Gasteiger partial charge in [0.15, 0.2) is 0 Å². The van der Waals surface area contributed by atoms with Crippen LogP contribution in [-0.2, 0) is 19.1 Å². The molecule has 4 unspecified atom stereocenters. The molecule has 2 rings (SSSR count). The second kappa shape index (κ2) is 10.7. The van der Waals surface area contributed by atoms with Crippen LogP contribution in [0.5, 0.6) is 0 Å². The van der Waals surface area contributed by atoms with Crippen molar-refractivity contribution in [1.29, 1.82) is 0 Å². The van der Waals surface area contributed by atoms with Crippen LogP contribution < -0.4 is 0 Å². The van der Waals surface area contributed by atoms with E-state index in [-0.39, 0.29) is 48.7 Å². The van der Waals surface area contributed by atoms with Crippen molar-refractivity contribution in [2.45, 2.75) is 38.4 Å². The van der Waals surface area contributed by atoms with Crippen LogP contribution in [-0.4, -0.2) is 33.0 Å². The number of carbonyl (C=O) groups excluding carboxylic acids is 2. The number of hydrogen-bond donors (Lipinski definition) is 0. The predicted molar refractivity (Wildman–Crippen MR) is 113 cm³/mol. The van der Waals surface area contributed by atoms with E-state index < -0.39 is 0 Å². The van der Waals surface area contributed by atoms with Gasteiger partial charge in [0.25, 0.3) is 0 Å². The summed E-state index contributed by atoms with van der Waals surface area (Å²) in [4.78, 5) is 24.6. The number of ether oxygens (including phenoxy) is 2. The first-order valence-corrected chi connectivity index (χ1v) is 9.83. The lowest BCUT2D eigenvalue weighted by Gasteiger charge is -2.21. The number of carbonyl (C=O) groups is 2. The van der Waals surface area contributed by atoms with E-state index in [2.05, 4.69) is 0 Å². The number of hydrogen-bond acceptors (Lipinski definition) is 4. The second-order valence-corrected chi connectivity index (χ2v) is 7.49. The van der Waals surface area contributed by atoms with Gasteiger partial charge in [-0.3, -0.25) is 9.59 Å². The molecule has 0 saturated heterocycles. The van der Waals surface area contributed by atoms with E-state index in [9.17, 15) is 9.59 Å². The molecule has 0 radical (unpaired) electrons. The van der Waals surface area contributed by atoms with E-state index in [4.69, 9.17) is 9.47 Å². The maximum atomic E-state index is 12.4. The quantitative estimate of drug-likeness (QED) is 0.491. The fourth-order valence-electron chi connectivity index (χ4n) is 2.88. The van der Waals surface area contributed by atoms with Crippen LogP contribution in [0.1, 0.15) is 43.7 Å². The van der Waals surface area contributed by atoms with Gasteiger partial charge in [-0.15, -0.1) is 0 Å². The molecule has 0 spiro atoms. The van der Waals surface area contributed by atoms with Crippen LogP contribution >= 0.6 is 0 Å². The molecular formula is C23H29BO4. The molecule has 148 valence electrons. The first kappa shape index (κ1) is 21.7. The van der Waals surface area contributed by atoms with Crippen molar-refractivity contribution in [1.82, 2.24) is 0 Å². The third-order valence-electron chi connectivity index (χ3n) is 5.12. The maximum Gasteiger partial charge on any atom is 0.313 e. The highest BCUT2D eigenvalue weighted by atomic mass is 16.5. The molecule has 0 aliphatic heterocycles. The van der Waals surface area contributed by atoms with Gasteiger partial charge in [0.05, 0.1) is 19.1 Å². The molecule has 0 N–H and O–H groups in total. The SMILES string of the molecule is BC(C(=O)OCC(C)COC(=O)C(C)c1ccccc1)C(C)c1ccccc1. The summed E-state index contributed by atoms with van der Waals surface area (Å²) in [6, 6.07) is 19.5. The number of esters is 2. The average Bonchev–Trinajstić information content (AvgIpc) is 2.75. The van der Waals surface area contributed by atoms with Gasteiger partial charge in [0.2, 0.25) is 0 Å². The van der Waals surface area contributed by atoms with Gasteiger partial charge in [0, 0.05) is 11.7 Å². The van der Waals surface area contributed by atoms with Crippen LogP contribution in [0.3, 0.4) is 0 Å². The lowest BCUT2D eigenvalue weighted by molar-refractivity contribution is -0.149. The Kier molecular flexibility index (Phi) is 8.30. The number of rotatable bonds is 9. The zero-order valence-electron chi connectivity index (χ0n) is 17.1. The predicted octanol–water partition coefficient (Wildman–Crippen LogP) is 3.74. The van der Waals surface area contributed by atoms with E-state index in [1.54, 1.807) is 0 Å². The minimum Gasteiger partial charge on any atom is -0.466 e. The Bertz CT molecular complexity index is 748. The molecule has 0 amide bonds. The highest BCUT2D eigenvalue weighted by Crippen LogP contribution is 2.27. The summed E-state index contributed by atoms with van der Waals surface area (Å²) in [6.45, 7) is 6.22. The summed E-state index contributed by atoms with van der Waals surface area (Å²) in [5.41, 5.74) is 2.04. The molecule has 0 saturated carbocycles. The Balaban J connectivity index is 1.75. The third-order valence-corrected chi connectivity index (χ3v) is 5.12. The van der Waals surface area contributed by atoms with Crippen LogP contribution in [0, 0.1) is 5.92 Å². The minimum absolute atomic E-state index is 0.0601. The van der Waals surface area contributed by atoms with Gasteiger partial charge >= 0.3 is 11.9 Å². The highest BCUT2D eigenvalue weighted by molar-refractivity contribution is 6.23. The van der Waals surface area contributed by atoms with Gasteiger partial charge in [-0.2, -0.15) is 0 Å². The molecule has 2 aromatic carbocycles. The van der Waals surface area contributed by atoms with Gasteiger partial charge in [-0.1, -0.05) is 74.5 Å². The summed E-state index contributed by atoms with van der Waals surface area (Å²) >= 11 is 0. The van der Waals surface area contributed by atoms with E-state index in [1.165, 1.54) is 0 Å². The third kappa shape index (κ3) is 6.26. The van der Waals surface area contributed by atoms with Crippen molar-refractivity contribution in [3.8, 4) is 0 Å². The van der Waals surface area contributed by atoms with Crippen LogP contribution in [0.25, 0.3) is 0 Å². The van der Waals surface area contributed by atoms with Gasteiger partial charge in [-0.25, -0.2) is 0 Å². The van der Waals surface area contributed by atoms with Crippen molar-refractivity contribution in [2.24, 2.45) is 5.92 Å². The van der Waals surface area contributed by atoms with Crippen LogP contribution in [0.4, 0.5) is 0 Å². The van der Waals surface area contributed by atoms with Crippen molar-refractivity contribution in [2.75, 3.05) is 13.2 Å². The summed E-state index contributed by atoms with van der Waals surface area (Å²) < 4.78 is 10.9. The Morgan fingerprint density at radius 1 is 0.786 bits per heavy atom. The van der Waals surface area contributed by atoms with E-state index >= 15 is 0 Å². The standard InChI is InChI=1S/C23H29BO4/c1-16(14-27-22(25)18(3)20-12-8-5-9-13-20)15-28-23(26)21(24)17(2)19-10-6-4-7-11-19/h4-13,16-18,21H,14-15,24H2,1-3H3. The van der Waals surface area contributed by atoms with Crippen molar-refractivity contribution >= 4 is 19.8 Å². The first-order chi connectivity index (χ1) is 13.4. The molecule has 0 aliphatic carbocycles. The molecule has 2 aromatic rings. The maximum absolute atomic E-state index is 12.4. The summed E-state index contributed by atoms with van der Waals surface area (Å²) in [7, 11) is 1.88. The zero-order valence-corrected chi connectivity index (χ0v) is 17.1. The monoisotopic (exact) mass is 380 g/mol. The smallest absolute Gasteiger partial charge is 0.313 e. The molecule has 4 nitrogen and oxygen atoms in total. The number of benzene rings is 2. The van der Waals surface area contributed by atoms with Crippen molar-refractivity contribution < 1.29 is 19.1 Å². The Morgan fingerprint density at radius 3 is 1.79 bits per heavy atom. The minimum atomic E-state index is -0.317. The highest BCUT2D eigenvalue weighted by Gasteiger charge is 2.24. The van der Waals surface area contributed by atoms with Gasteiger partial charge < -0.3 is 9.47 Å². The molecule has 0 fully saturated rings. The molecule has 0 bridgehead atoms. The normalized spacial score (nSPS) is 15.1. The molecule has 0 aromatic heterocycles. The Labute approximate surface area is 168 Å². The summed E-state index contributed by atoms with van der Waals surface area (Å²) in [5.74, 6) is -1.04. The van der Waals surface area contributed by atoms with E-state index in [0.717, 1.165) is 11.1 Å². The Morgan fingerprint density at radius 2 is 1.25 bits per heavy atom. The molecular weight excluding hydrogens is 351 g/mol. The zero-order chi connectivity index (χ0) is 20.5. The van der Waals surface area contributed by atoms with Crippen LogP contribution in [0.2, 0.25) is 5.82 Å². The van der Waals surface area contributed by atoms with E-state index in [0.29, 0.717) is 0 Å². The lowest BCUT2D eigenvalue weighted by atomic mass is 9.74. The largest absolute Gasteiger partial charge is 0.466 e. The van der Waals surface area contributed by atoms with Crippen LogP contribution in [0.15, 0.2) is 60.7 Å². The average molecular weight is 380 g/mol. The Hall–Kier alpha value is -2.56. The fourth-order valence-corrected chi connectivity index (χ4v) is 2.88. The molecule has 0 heterocycles.